The molecular weight excluding hydrogens is 487 g/mol. The van der Waals surface area contributed by atoms with Gasteiger partial charge >= 0.3 is 12.1 Å². The van der Waals surface area contributed by atoms with Gasteiger partial charge in [-0.25, -0.2) is 23.6 Å². The first-order valence-electron chi connectivity index (χ1n) is 11.1. The summed E-state index contributed by atoms with van der Waals surface area (Å²) in [6, 6.07) is 12.0. The van der Waals surface area contributed by atoms with Gasteiger partial charge in [-0.2, -0.15) is 0 Å². The van der Waals surface area contributed by atoms with Crippen molar-refractivity contribution in [2.45, 2.75) is 19.3 Å². The van der Waals surface area contributed by atoms with Crippen LogP contribution in [0.2, 0.25) is 0 Å². The third-order valence-electron chi connectivity index (χ3n) is 5.58. The molecule has 4 aromatic rings. The fourth-order valence-electron chi connectivity index (χ4n) is 3.80. The fraction of sp³-hybridized carbons (Fsp3) is 0.208. The summed E-state index contributed by atoms with van der Waals surface area (Å²) in [5.74, 6) is -0.827. The van der Waals surface area contributed by atoms with E-state index in [-0.39, 0.29) is 25.7 Å². The number of amides is 1. The molecule has 0 saturated carbocycles. The summed E-state index contributed by atoms with van der Waals surface area (Å²) in [7, 11) is 0. The van der Waals surface area contributed by atoms with Crippen molar-refractivity contribution < 1.29 is 29.2 Å². The van der Waals surface area contributed by atoms with E-state index in [1.807, 2.05) is 29.6 Å². The van der Waals surface area contributed by atoms with Crippen molar-refractivity contribution in [1.82, 2.24) is 20.0 Å². The highest BCUT2D eigenvalue weighted by Gasteiger charge is 2.33. The number of anilines is 1. The Kier molecular flexibility index (Phi) is 6.69. The SMILES string of the molecule is [NH3+]CC(=O)OCc1csc(-c2ccc(-c3ccc(N4C[C@H](Cn5ccnn5)OC4=O)cc3F)cc2)n1. The Morgan fingerprint density at radius 1 is 1.22 bits per heavy atom. The molecule has 184 valence electrons. The van der Waals surface area contributed by atoms with Crippen LogP contribution in [-0.2, 0) is 27.4 Å². The molecule has 0 spiro atoms. The second-order valence-electron chi connectivity index (χ2n) is 8.04. The number of halogens is 1. The summed E-state index contributed by atoms with van der Waals surface area (Å²) in [6.45, 7) is 0.836. The van der Waals surface area contributed by atoms with Crippen LogP contribution in [-0.4, -0.2) is 51.2 Å². The zero-order chi connectivity index (χ0) is 25.1. The number of hydrogen-bond donors (Lipinski definition) is 1. The first-order valence-corrected chi connectivity index (χ1v) is 12.0. The van der Waals surface area contributed by atoms with Crippen LogP contribution >= 0.6 is 11.3 Å². The largest absolute Gasteiger partial charge is 0.455 e. The molecule has 5 rings (SSSR count). The molecule has 10 nitrogen and oxygen atoms in total. The highest BCUT2D eigenvalue weighted by atomic mass is 32.1. The Hall–Kier alpha value is -4.16. The van der Waals surface area contributed by atoms with Crippen molar-refractivity contribution in [3.63, 3.8) is 0 Å². The Bertz CT molecular complexity index is 1380. The number of ether oxygens (including phenoxy) is 2. The van der Waals surface area contributed by atoms with Crippen LogP contribution in [0, 0.1) is 5.82 Å². The third-order valence-corrected chi connectivity index (χ3v) is 6.52. The predicted molar refractivity (Wildman–Crippen MR) is 128 cm³/mol. The van der Waals surface area contributed by atoms with E-state index in [9.17, 15) is 9.59 Å². The van der Waals surface area contributed by atoms with Gasteiger partial charge in [-0.1, -0.05) is 29.5 Å². The predicted octanol–water partition coefficient (Wildman–Crippen LogP) is 2.52. The molecule has 0 aliphatic carbocycles. The lowest BCUT2D eigenvalue weighted by molar-refractivity contribution is -0.360. The van der Waals surface area contributed by atoms with Gasteiger partial charge in [0.15, 0.2) is 6.54 Å². The highest BCUT2D eigenvalue weighted by molar-refractivity contribution is 7.13. The van der Waals surface area contributed by atoms with Crippen molar-refractivity contribution in [3.8, 4) is 21.7 Å². The number of esters is 1. The molecule has 12 heteroatoms. The number of rotatable bonds is 8. The zero-order valence-electron chi connectivity index (χ0n) is 19.0. The standard InChI is InChI=1S/C24H21FN6O4S/c25-21-9-18(31-12-19(35-24(31)33)11-30-8-7-27-29-30)5-6-20(21)15-1-3-16(4-2-15)23-28-17(14-36-23)13-34-22(32)10-26/h1-9,14,19H,10-13,26H2/p+1/t19-/m0/s1. The van der Waals surface area contributed by atoms with E-state index >= 15 is 4.39 Å². The Balaban J connectivity index is 1.26. The minimum Gasteiger partial charge on any atom is -0.455 e. The second kappa shape index (κ2) is 10.2. The highest BCUT2D eigenvalue weighted by Crippen LogP contribution is 2.31. The summed E-state index contributed by atoms with van der Waals surface area (Å²) < 4.78 is 27.1. The number of carbonyl (C=O) groups is 2. The number of benzene rings is 2. The van der Waals surface area contributed by atoms with E-state index in [2.05, 4.69) is 21.0 Å². The first kappa shape index (κ1) is 23.6. The van der Waals surface area contributed by atoms with Gasteiger partial charge in [0.1, 0.15) is 23.5 Å². The third kappa shape index (κ3) is 5.09. The lowest BCUT2D eigenvalue weighted by Gasteiger charge is -2.14. The van der Waals surface area contributed by atoms with Crippen molar-refractivity contribution in [2.75, 3.05) is 18.0 Å². The van der Waals surface area contributed by atoms with Gasteiger partial charge in [-0.3, -0.25) is 4.90 Å². The van der Waals surface area contributed by atoms with Crippen LogP contribution in [0.1, 0.15) is 5.69 Å². The van der Waals surface area contributed by atoms with Gasteiger partial charge in [0.25, 0.3) is 0 Å². The van der Waals surface area contributed by atoms with Crippen LogP contribution in [0.25, 0.3) is 21.7 Å². The summed E-state index contributed by atoms with van der Waals surface area (Å²) in [4.78, 5) is 29.5. The normalized spacial score (nSPS) is 15.2. The lowest BCUT2D eigenvalue weighted by Crippen LogP contribution is -2.54. The quantitative estimate of drug-likeness (QED) is 0.362. The maximum atomic E-state index is 15.1. The molecule has 36 heavy (non-hydrogen) atoms. The number of hydrogen-bond acceptors (Lipinski definition) is 8. The topological polar surface area (TPSA) is 127 Å². The number of aromatic nitrogens is 4. The molecule has 1 aliphatic heterocycles. The molecular formula is C24H22FN6O4S+. The molecule has 2 aromatic heterocycles. The zero-order valence-corrected chi connectivity index (χ0v) is 19.9. The Morgan fingerprint density at radius 2 is 2.03 bits per heavy atom. The number of cyclic esters (lactones) is 1. The molecule has 0 unspecified atom stereocenters. The van der Waals surface area contributed by atoms with Crippen LogP contribution < -0.4 is 10.6 Å². The van der Waals surface area contributed by atoms with E-state index in [0.29, 0.717) is 29.1 Å². The average molecular weight is 510 g/mol. The van der Waals surface area contributed by atoms with Crippen LogP contribution in [0.4, 0.5) is 14.9 Å². The minimum atomic E-state index is -0.527. The molecule has 0 radical (unpaired) electrons. The van der Waals surface area contributed by atoms with Gasteiger partial charge in [0.2, 0.25) is 0 Å². The van der Waals surface area contributed by atoms with Crippen molar-refractivity contribution >= 4 is 29.1 Å². The minimum absolute atomic E-state index is 0.0721. The van der Waals surface area contributed by atoms with Crippen LogP contribution in [0.15, 0.2) is 60.2 Å². The van der Waals surface area contributed by atoms with Gasteiger partial charge < -0.3 is 15.2 Å². The van der Waals surface area contributed by atoms with Crippen molar-refractivity contribution in [2.24, 2.45) is 0 Å². The average Bonchev–Trinajstić information content (AvgIpc) is 3.65. The van der Waals surface area contributed by atoms with Gasteiger partial charge in [-0.05, 0) is 23.8 Å². The molecule has 1 fully saturated rings. The molecule has 1 saturated heterocycles. The van der Waals surface area contributed by atoms with Gasteiger partial charge in [0, 0.05) is 22.7 Å². The fourth-order valence-corrected chi connectivity index (χ4v) is 4.61. The van der Waals surface area contributed by atoms with Crippen molar-refractivity contribution in [3.05, 3.63) is 71.7 Å². The van der Waals surface area contributed by atoms with Crippen LogP contribution in [0.5, 0.6) is 0 Å². The number of thiazole rings is 1. The Labute approximate surface area is 209 Å². The Morgan fingerprint density at radius 3 is 2.75 bits per heavy atom. The molecule has 0 bridgehead atoms. The lowest BCUT2D eigenvalue weighted by atomic mass is 10.0. The number of nitrogens with zero attached hydrogens (tertiary/aromatic N) is 5. The maximum Gasteiger partial charge on any atom is 0.414 e. The monoisotopic (exact) mass is 509 g/mol. The van der Waals surface area contributed by atoms with Gasteiger partial charge in [0.05, 0.1) is 30.7 Å². The van der Waals surface area contributed by atoms with E-state index < -0.39 is 18.0 Å². The summed E-state index contributed by atoms with van der Waals surface area (Å²) in [5.41, 5.74) is 6.55. The van der Waals surface area contributed by atoms with E-state index in [1.54, 1.807) is 29.2 Å². The second-order valence-corrected chi connectivity index (χ2v) is 8.90. The van der Waals surface area contributed by atoms with Crippen LogP contribution in [0.3, 0.4) is 0 Å². The summed E-state index contributed by atoms with van der Waals surface area (Å²) in [6.07, 6.45) is 2.30. The van der Waals surface area contributed by atoms with Gasteiger partial charge in [-0.15, -0.1) is 16.4 Å². The van der Waals surface area contributed by atoms with E-state index in [0.717, 1.165) is 10.6 Å². The molecule has 1 amide bonds. The number of quaternary nitrogens is 1. The van der Waals surface area contributed by atoms with Crippen molar-refractivity contribution in [1.29, 1.82) is 0 Å². The molecule has 3 heterocycles. The molecule has 2 aromatic carbocycles. The summed E-state index contributed by atoms with van der Waals surface area (Å²) in [5, 5.41) is 10.2. The van der Waals surface area contributed by atoms with E-state index in [1.165, 1.54) is 22.3 Å². The summed E-state index contributed by atoms with van der Waals surface area (Å²) >= 11 is 1.43. The molecule has 3 N–H and O–H groups in total. The maximum absolute atomic E-state index is 15.1. The smallest absolute Gasteiger partial charge is 0.414 e. The molecule has 1 atom stereocenters. The van der Waals surface area contributed by atoms with E-state index in [4.69, 9.17) is 9.47 Å². The number of carbonyl (C=O) groups excluding carboxylic acids is 2. The first-order chi connectivity index (χ1) is 17.5. The molecule has 1 aliphatic rings.